The Morgan fingerprint density at radius 2 is 2.07 bits per heavy atom. The van der Waals surface area contributed by atoms with Crippen LogP contribution in [0.1, 0.15) is 29.7 Å². The summed E-state index contributed by atoms with van der Waals surface area (Å²) >= 11 is 0. The van der Waals surface area contributed by atoms with Gasteiger partial charge in [-0.05, 0) is 31.5 Å². The zero-order chi connectivity index (χ0) is 20.3. The SMILES string of the molecule is CCOC(=O)C1=C(N)Oc2cc(C)n(CCOC)c(=O)c2C1c1ccncc1. The van der Waals surface area contributed by atoms with Crippen molar-refractivity contribution in [2.75, 3.05) is 20.3 Å². The van der Waals surface area contributed by atoms with Gasteiger partial charge in [0.25, 0.3) is 5.56 Å². The van der Waals surface area contributed by atoms with E-state index in [0.717, 1.165) is 0 Å². The van der Waals surface area contributed by atoms with Crippen LogP contribution in [0, 0.1) is 6.92 Å². The molecule has 148 valence electrons. The molecule has 3 rings (SSSR count). The fourth-order valence-corrected chi connectivity index (χ4v) is 3.34. The van der Waals surface area contributed by atoms with E-state index in [-0.39, 0.29) is 23.6 Å². The van der Waals surface area contributed by atoms with Gasteiger partial charge in [-0.3, -0.25) is 9.78 Å². The highest BCUT2D eigenvalue weighted by Gasteiger charge is 2.38. The van der Waals surface area contributed by atoms with E-state index in [4.69, 9.17) is 19.9 Å². The lowest BCUT2D eigenvalue weighted by Gasteiger charge is -2.29. The van der Waals surface area contributed by atoms with E-state index >= 15 is 0 Å². The number of nitrogens with zero attached hydrogens (tertiary/aromatic N) is 2. The molecular weight excluding hydrogens is 362 g/mol. The van der Waals surface area contributed by atoms with Gasteiger partial charge in [-0.15, -0.1) is 0 Å². The van der Waals surface area contributed by atoms with Gasteiger partial charge >= 0.3 is 5.97 Å². The summed E-state index contributed by atoms with van der Waals surface area (Å²) in [5, 5.41) is 0. The third-order valence-corrected chi connectivity index (χ3v) is 4.62. The van der Waals surface area contributed by atoms with Crippen molar-refractivity contribution < 1.29 is 19.0 Å². The first-order chi connectivity index (χ1) is 13.5. The van der Waals surface area contributed by atoms with Crippen LogP contribution < -0.4 is 16.0 Å². The second-order valence-electron chi connectivity index (χ2n) is 6.33. The van der Waals surface area contributed by atoms with Crippen molar-refractivity contribution >= 4 is 5.97 Å². The number of pyridine rings is 2. The summed E-state index contributed by atoms with van der Waals surface area (Å²) in [6, 6.07) is 5.23. The van der Waals surface area contributed by atoms with Gasteiger partial charge in [-0.2, -0.15) is 0 Å². The van der Waals surface area contributed by atoms with Crippen LogP contribution in [-0.2, 0) is 20.8 Å². The van der Waals surface area contributed by atoms with Crippen LogP contribution in [0.25, 0.3) is 0 Å². The van der Waals surface area contributed by atoms with Gasteiger partial charge in [0.15, 0.2) is 0 Å². The number of rotatable bonds is 6. The average Bonchev–Trinajstić information content (AvgIpc) is 2.67. The van der Waals surface area contributed by atoms with E-state index in [1.54, 1.807) is 49.2 Å². The zero-order valence-corrected chi connectivity index (χ0v) is 16.1. The summed E-state index contributed by atoms with van der Waals surface area (Å²) in [5.41, 5.74) is 7.68. The van der Waals surface area contributed by atoms with Crippen LogP contribution in [0.2, 0.25) is 0 Å². The molecule has 8 nitrogen and oxygen atoms in total. The third kappa shape index (κ3) is 3.50. The molecule has 2 N–H and O–H groups in total. The molecule has 8 heteroatoms. The second kappa shape index (κ2) is 8.26. The Balaban J connectivity index is 2.25. The Kier molecular flexibility index (Phi) is 5.79. The molecule has 28 heavy (non-hydrogen) atoms. The topological polar surface area (TPSA) is 106 Å². The molecule has 1 aliphatic rings. The normalized spacial score (nSPS) is 15.8. The summed E-state index contributed by atoms with van der Waals surface area (Å²) in [6.45, 7) is 4.45. The summed E-state index contributed by atoms with van der Waals surface area (Å²) in [6.07, 6.45) is 3.20. The lowest BCUT2D eigenvalue weighted by Crippen LogP contribution is -2.35. The maximum absolute atomic E-state index is 13.4. The first-order valence-electron chi connectivity index (χ1n) is 8.97. The predicted molar refractivity (Wildman–Crippen MR) is 102 cm³/mol. The molecule has 0 amide bonds. The predicted octanol–water partition coefficient (Wildman–Crippen LogP) is 1.46. The maximum atomic E-state index is 13.4. The molecule has 0 radical (unpaired) electrons. The van der Waals surface area contributed by atoms with Crippen LogP contribution in [0.15, 0.2) is 46.8 Å². The van der Waals surface area contributed by atoms with Crippen molar-refractivity contribution in [1.82, 2.24) is 9.55 Å². The van der Waals surface area contributed by atoms with Crippen molar-refractivity contribution in [3.05, 3.63) is 69.2 Å². The number of hydrogen-bond donors (Lipinski definition) is 1. The zero-order valence-electron chi connectivity index (χ0n) is 16.1. The van der Waals surface area contributed by atoms with Gasteiger partial charge in [0.05, 0.1) is 24.7 Å². The summed E-state index contributed by atoms with van der Waals surface area (Å²) in [4.78, 5) is 30.0. The van der Waals surface area contributed by atoms with Gasteiger partial charge in [0, 0.05) is 37.8 Å². The number of carbonyl (C=O) groups excluding carboxylic acids is 1. The largest absolute Gasteiger partial charge is 0.462 e. The quantitative estimate of drug-likeness (QED) is 0.750. The van der Waals surface area contributed by atoms with Crippen molar-refractivity contribution in [2.24, 2.45) is 5.73 Å². The van der Waals surface area contributed by atoms with Gasteiger partial charge in [-0.25, -0.2) is 4.79 Å². The molecule has 0 saturated heterocycles. The number of esters is 1. The number of aromatic nitrogens is 2. The number of nitrogens with two attached hydrogens (primary N) is 1. The minimum absolute atomic E-state index is 0.0683. The van der Waals surface area contributed by atoms with Crippen LogP contribution >= 0.6 is 0 Å². The number of carbonyl (C=O) groups is 1. The molecule has 0 aromatic carbocycles. The molecule has 0 saturated carbocycles. The lowest BCUT2D eigenvalue weighted by atomic mass is 9.84. The van der Waals surface area contributed by atoms with Crippen LogP contribution in [0.5, 0.6) is 5.75 Å². The third-order valence-electron chi connectivity index (χ3n) is 4.62. The Hall–Kier alpha value is -3.13. The highest BCUT2D eigenvalue weighted by atomic mass is 16.5. The van der Waals surface area contributed by atoms with Gasteiger partial charge in [-0.1, -0.05) is 0 Å². The Morgan fingerprint density at radius 3 is 2.71 bits per heavy atom. The molecule has 2 aromatic heterocycles. The number of methoxy groups -OCH3 is 1. The van der Waals surface area contributed by atoms with Crippen LogP contribution in [0.3, 0.4) is 0 Å². The summed E-state index contributed by atoms with van der Waals surface area (Å²) < 4.78 is 17.6. The molecule has 1 unspecified atom stereocenters. The van der Waals surface area contributed by atoms with E-state index in [1.165, 1.54) is 0 Å². The highest BCUT2D eigenvalue weighted by molar-refractivity contribution is 5.92. The molecule has 2 aromatic rings. The second-order valence-corrected chi connectivity index (χ2v) is 6.33. The summed E-state index contributed by atoms with van der Waals surface area (Å²) in [7, 11) is 1.57. The molecule has 0 spiro atoms. The standard InChI is InChI=1S/C20H23N3O5/c1-4-27-20(25)17-15(13-5-7-22-8-6-13)16-14(28-18(17)21)11-12(2)23(19(16)24)9-10-26-3/h5-8,11,15H,4,9-10,21H2,1-3H3. The van der Waals surface area contributed by atoms with E-state index in [1.807, 2.05) is 6.92 Å². The van der Waals surface area contributed by atoms with Crippen molar-refractivity contribution in [2.45, 2.75) is 26.3 Å². The molecule has 0 fully saturated rings. The summed E-state index contributed by atoms with van der Waals surface area (Å²) in [5.74, 6) is -1.06. The smallest absolute Gasteiger partial charge is 0.340 e. The maximum Gasteiger partial charge on any atom is 0.340 e. The minimum Gasteiger partial charge on any atom is -0.462 e. The molecule has 1 atom stereocenters. The molecule has 0 bridgehead atoms. The average molecular weight is 385 g/mol. The van der Waals surface area contributed by atoms with E-state index in [9.17, 15) is 9.59 Å². The number of fused-ring (bicyclic) bond motifs is 1. The van der Waals surface area contributed by atoms with Gasteiger partial charge in [0.2, 0.25) is 5.88 Å². The van der Waals surface area contributed by atoms with Crippen LogP contribution in [-0.4, -0.2) is 35.8 Å². The minimum atomic E-state index is -0.715. The molecular formula is C20H23N3O5. The van der Waals surface area contributed by atoms with E-state index in [2.05, 4.69) is 4.98 Å². The number of hydrogen-bond acceptors (Lipinski definition) is 7. The lowest BCUT2D eigenvalue weighted by molar-refractivity contribution is -0.139. The van der Waals surface area contributed by atoms with Crippen molar-refractivity contribution in [1.29, 1.82) is 0 Å². The number of aryl methyl sites for hydroxylation is 1. The molecule has 1 aliphatic heterocycles. The van der Waals surface area contributed by atoms with Crippen molar-refractivity contribution in [3.63, 3.8) is 0 Å². The first kappa shape index (κ1) is 19.6. The fraction of sp³-hybridized carbons (Fsp3) is 0.350. The highest BCUT2D eigenvalue weighted by Crippen LogP contribution is 2.41. The molecule has 0 aliphatic carbocycles. The Morgan fingerprint density at radius 1 is 1.36 bits per heavy atom. The molecule has 3 heterocycles. The monoisotopic (exact) mass is 385 g/mol. The van der Waals surface area contributed by atoms with Crippen molar-refractivity contribution in [3.8, 4) is 5.75 Å². The Labute approximate surface area is 162 Å². The fourth-order valence-electron chi connectivity index (χ4n) is 3.34. The van der Waals surface area contributed by atoms with E-state index < -0.39 is 11.9 Å². The van der Waals surface area contributed by atoms with Crippen LogP contribution in [0.4, 0.5) is 0 Å². The first-order valence-corrected chi connectivity index (χ1v) is 8.97. The van der Waals surface area contributed by atoms with Gasteiger partial charge in [0.1, 0.15) is 11.3 Å². The van der Waals surface area contributed by atoms with E-state index in [0.29, 0.717) is 35.7 Å². The Bertz CT molecular complexity index is 966. The van der Waals surface area contributed by atoms with Gasteiger partial charge < -0.3 is 24.5 Å². The number of ether oxygens (including phenoxy) is 3.